The lowest BCUT2D eigenvalue weighted by atomic mass is 10.0. The number of anilines is 1. The SMILES string of the molecule is CNC(=O)c1c(-c2ccc(F)cc2)oc2cc(NS(=O)(=O)CCCOCCOCCOCCOC)c(C3CC3)cc12. The average molecular weight is 593 g/mol. The van der Waals surface area contributed by atoms with Crippen molar-refractivity contribution in [3.63, 3.8) is 0 Å². The molecule has 0 unspecified atom stereocenters. The first-order valence-corrected chi connectivity index (χ1v) is 15.3. The first-order chi connectivity index (χ1) is 19.8. The number of halogens is 1. The summed E-state index contributed by atoms with van der Waals surface area (Å²) in [5.74, 6) is -0.393. The summed E-state index contributed by atoms with van der Waals surface area (Å²) in [6.07, 6.45) is 2.16. The highest BCUT2D eigenvalue weighted by atomic mass is 32.2. The van der Waals surface area contributed by atoms with Crippen LogP contribution in [0.15, 0.2) is 40.8 Å². The Morgan fingerprint density at radius 1 is 0.976 bits per heavy atom. The summed E-state index contributed by atoms with van der Waals surface area (Å²) in [5, 5.41) is 3.22. The summed E-state index contributed by atoms with van der Waals surface area (Å²) in [6, 6.07) is 9.13. The van der Waals surface area contributed by atoms with Crippen molar-refractivity contribution >= 4 is 32.6 Å². The quantitative estimate of drug-likeness (QED) is 0.210. The van der Waals surface area contributed by atoms with Crippen LogP contribution in [0.2, 0.25) is 0 Å². The molecular formula is C29H37FN2O8S. The van der Waals surface area contributed by atoms with E-state index in [1.54, 1.807) is 13.2 Å². The van der Waals surface area contributed by atoms with Gasteiger partial charge in [-0.15, -0.1) is 0 Å². The standard InChI is InChI=1S/C29H37FN2O8S/c1-31-29(33)27-24-18-23(20-4-5-20)25(19-26(24)40-28(27)21-6-8-22(30)9-7-21)32-41(34,35)17-3-10-37-13-14-39-16-15-38-12-11-36-2/h6-9,18-20,32H,3-5,10-17H2,1-2H3,(H,31,33). The number of hydrogen-bond donors (Lipinski definition) is 2. The highest BCUT2D eigenvalue weighted by molar-refractivity contribution is 7.92. The van der Waals surface area contributed by atoms with Gasteiger partial charge in [0.1, 0.15) is 17.2 Å². The van der Waals surface area contributed by atoms with E-state index in [0.29, 0.717) is 79.6 Å². The zero-order valence-electron chi connectivity index (χ0n) is 23.4. The maximum Gasteiger partial charge on any atom is 0.255 e. The van der Waals surface area contributed by atoms with Crippen LogP contribution < -0.4 is 10.0 Å². The summed E-state index contributed by atoms with van der Waals surface area (Å²) in [5.41, 5.74) is 2.47. The molecule has 1 fully saturated rings. The van der Waals surface area contributed by atoms with Crippen molar-refractivity contribution in [1.29, 1.82) is 0 Å². The third kappa shape index (κ3) is 8.73. The molecule has 10 nitrogen and oxygen atoms in total. The fourth-order valence-corrected chi connectivity index (χ4v) is 5.50. The molecule has 1 aliphatic carbocycles. The highest BCUT2D eigenvalue weighted by Crippen LogP contribution is 2.46. The fourth-order valence-electron chi connectivity index (χ4n) is 4.39. The van der Waals surface area contributed by atoms with E-state index in [1.165, 1.54) is 31.3 Å². The lowest BCUT2D eigenvalue weighted by Gasteiger charge is -2.13. The number of fused-ring (bicyclic) bond motifs is 1. The largest absolute Gasteiger partial charge is 0.455 e. The second-order valence-corrected chi connectivity index (χ2v) is 11.5. The molecule has 2 N–H and O–H groups in total. The van der Waals surface area contributed by atoms with Crippen LogP contribution >= 0.6 is 0 Å². The maximum absolute atomic E-state index is 13.5. The lowest BCUT2D eigenvalue weighted by molar-refractivity contribution is 0.00383. The smallest absolute Gasteiger partial charge is 0.255 e. The number of carbonyl (C=O) groups excluding carboxylic acids is 1. The number of amides is 1. The van der Waals surface area contributed by atoms with E-state index in [0.717, 1.165) is 18.4 Å². The van der Waals surface area contributed by atoms with Gasteiger partial charge in [0, 0.05) is 37.8 Å². The van der Waals surface area contributed by atoms with Gasteiger partial charge in [0.2, 0.25) is 10.0 Å². The zero-order valence-corrected chi connectivity index (χ0v) is 24.2. The monoisotopic (exact) mass is 592 g/mol. The Bertz CT molecular complexity index is 1400. The number of furan rings is 1. The normalized spacial score (nSPS) is 13.5. The summed E-state index contributed by atoms with van der Waals surface area (Å²) in [7, 11) is -0.538. The number of sulfonamides is 1. The molecule has 3 aromatic rings. The van der Waals surface area contributed by atoms with Crippen LogP contribution in [-0.4, -0.2) is 80.5 Å². The number of methoxy groups -OCH3 is 1. The van der Waals surface area contributed by atoms with Gasteiger partial charge in [0.05, 0.1) is 56.6 Å². The predicted octanol–water partition coefficient (Wildman–Crippen LogP) is 4.30. The molecule has 1 aromatic heterocycles. The van der Waals surface area contributed by atoms with Gasteiger partial charge < -0.3 is 28.7 Å². The Morgan fingerprint density at radius 2 is 1.61 bits per heavy atom. The fraction of sp³-hybridized carbons (Fsp3) is 0.483. The molecule has 2 aromatic carbocycles. The Balaban J connectivity index is 1.39. The molecule has 224 valence electrons. The summed E-state index contributed by atoms with van der Waals surface area (Å²) in [6.45, 7) is 3.01. The number of carbonyl (C=O) groups is 1. The van der Waals surface area contributed by atoms with Gasteiger partial charge in [-0.1, -0.05) is 0 Å². The van der Waals surface area contributed by atoms with E-state index in [1.807, 2.05) is 6.07 Å². The molecule has 0 saturated heterocycles. The minimum atomic E-state index is -3.68. The van der Waals surface area contributed by atoms with Gasteiger partial charge in [-0.25, -0.2) is 12.8 Å². The molecule has 41 heavy (non-hydrogen) atoms. The van der Waals surface area contributed by atoms with Crippen molar-refractivity contribution in [2.24, 2.45) is 0 Å². The zero-order chi connectivity index (χ0) is 29.2. The molecule has 1 heterocycles. The number of ether oxygens (including phenoxy) is 4. The van der Waals surface area contributed by atoms with Gasteiger partial charge >= 0.3 is 0 Å². The van der Waals surface area contributed by atoms with Gasteiger partial charge in [-0.2, -0.15) is 0 Å². The third-order valence-electron chi connectivity index (χ3n) is 6.58. The molecule has 4 rings (SSSR count). The minimum Gasteiger partial charge on any atom is -0.455 e. The van der Waals surface area contributed by atoms with Crippen LogP contribution in [0.25, 0.3) is 22.3 Å². The van der Waals surface area contributed by atoms with Crippen molar-refractivity contribution in [1.82, 2.24) is 5.32 Å². The Labute approximate surface area is 239 Å². The number of nitrogens with one attached hydrogen (secondary N) is 2. The van der Waals surface area contributed by atoms with Gasteiger partial charge in [-0.05, 0) is 61.1 Å². The van der Waals surface area contributed by atoms with Gasteiger partial charge in [0.15, 0.2) is 0 Å². The molecule has 0 aliphatic heterocycles. The average Bonchev–Trinajstić information content (AvgIpc) is 3.73. The first kappa shape index (κ1) is 30.9. The van der Waals surface area contributed by atoms with E-state index >= 15 is 0 Å². The van der Waals surface area contributed by atoms with E-state index in [2.05, 4.69) is 10.0 Å². The Morgan fingerprint density at radius 3 is 2.22 bits per heavy atom. The first-order valence-electron chi connectivity index (χ1n) is 13.6. The van der Waals surface area contributed by atoms with Crippen molar-refractivity contribution in [2.45, 2.75) is 25.2 Å². The second kappa shape index (κ2) is 14.7. The minimum absolute atomic E-state index is 0.119. The second-order valence-electron chi connectivity index (χ2n) is 9.71. The molecule has 1 amide bonds. The predicted molar refractivity (Wildman–Crippen MR) is 153 cm³/mol. The molecule has 0 atom stereocenters. The van der Waals surface area contributed by atoms with Gasteiger partial charge in [0.25, 0.3) is 5.91 Å². The van der Waals surface area contributed by atoms with Crippen LogP contribution in [0.5, 0.6) is 0 Å². The van der Waals surface area contributed by atoms with Crippen molar-refractivity contribution in [3.05, 3.63) is 53.3 Å². The van der Waals surface area contributed by atoms with Crippen molar-refractivity contribution < 1.29 is 41.0 Å². The summed E-state index contributed by atoms with van der Waals surface area (Å²) in [4.78, 5) is 12.9. The number of rotatable bonds is 18. The van der Waals surface area contributed by atoms with Crippen molar-refractivity contribution in [2.75, 3.05) is 70.9 Å². The summed E-state index contributed by atoms with van der Waals surface area (Å²) >= 11 is 0. The molecule has 0 spiro atoms. The molecular weight excluding hydrogens is 555 g/mol. The highest BCUT2D eigenvalue weighted by Gasteiger charge is 2.30. The molecule has 0 radical (unpaired) electrons. The van der Waals surface area contributed by atoms with Crippen LogP contribution in [0.1, 0.15) is 41.1 Å². The summed E-state index contributed by atoms with van der Waals surface area (Å²) < 4.78 is 69.3. The van der Waals surface area contributed by atoms with Gasteiger partial charge in [-0.3, -0.25) is 9.52 Å². The van der Waals surface area contributed by atoms with Crippen LogP contribution in [0.3, 0.4) is 0 Å². The topological polar surface area (TPSA) is 125 Å². The third-order valence-corrected chi connectivity index (χ3v) is 7.94. The maximum atomic E-state index is 13.5. The van der Waals surface area contributed by atoms with E-state index in [9.17, 15) is 17.6 Å². The van der Waals surface area contributed by atoms with Crippen LogP contribution in [0.4, 0.5) is 10.1 Å². The molecule has 1 aliphatic rings. The lowest BCUT2D eigenvalue weighted by Crippen LogP contribution is -2.19. The van der Waals surface area contributed by atoms with E-state index in [-0.39, 0.29) is 24.2 Å². The molecule has 0 bridgehead atoms. The molecule has 12 heteroatoms. The van der Waals surface area contributed by atoms with E-state index < -0.39 is 15.8 Å². The Kier molecular flexibility index (Phi) is 11.1. The van der Waals surface area contributed by atoms with Crippen molar-refractivity contribution in [3.8, 4) is 11.3 Å². The number of benzene rings is 2. The Hall–Kier alpha value is -3.03. The van der Waals surface area contributed by atoms with E-state index in [4.69, 9.17) is 23.4 Å². The molecule has 1 saturated carbocycles. The van der Waals surface area contributed by atoms with Crippen LogP contribution in [-0.2, 0) is 29.0 Å². The number of hydrogen-bond acceptors (Lipinski definition) is 8. The van der Waals surface area contributed by atoms with Crippen LogP contribution in [0, 0.1) is 5.82 Å².